The quantitative estimate of drug-likeness (QED) is 0.739. The molecule has 2 heteroatoms. The molecule has 0 spiro atoms. The fourth-order valence-electron chi connectivity index (χ4n) is 2.06. The number of aryl methyl sites for hydroxylation is 1. The molecule has 16 heavy (non-hydrogen) atoms. The Labute approximate surface area is 95.7 Å². The summed E-state index contributed by atoms with van der Waals surface area (Å²) in [6, 6.07) is 4.91. The van der Waals surface area contributed by atoms with Crippen LogP contribution in [0.1, 0.15) is 32.0 Å². The number of benzene rings is 1. The van der Waals surface area contributed by atoms with Crippen LogP contribution < -0.4 is 0 Å². The van der Waals surface area contributed by atoms with Crippen LogP contribution in [-0.2, 0) is 6.42 Å². The molecule has 1 aromatic heterocycles. The minimum Gasteiger partial charge on any atom is -0.358 e. The molecule has 0 saturated carbocycles. The molecule has 2 aromatic rings. The summed E-state index contributed by atoms with van der Waals surface area (Å²) in [5, 5.41) is 0.999. The van der Waals surface area contributed by atoms with Crippen molar-refractivity contribution in [3.63, 3.8) is 0 Å². The summed E-state index contributed by atoms with van der Waals surface area (Å²) in [7, 11) is 0. The van der Waals surface area contributed by atoms with Gasteiger partial charge in [-0.3, -0.25) is 0 Å². The molecule has 0 atom stereocenters. The van der Waals surface area contributed by atoms with Crippen molar-refractivity contribution in [1.29, 1.82) is 0 Å². The van der Waals surface area contributed by atoms with Gasteiger partial charge in [-0.15, -0.1) is 0 Å². The maximum atomic E-state index is 13.1. The minimum atomic E-state index is -0.170. The highest BCUT2D eigenvalue weighted by molar-refractivity contribution is 5.84. The Kier molecular flexibility index (Phi) is 2.53. The van der Waals surface area contributed by atoms with Crippen LogP contribution in [0.3, 0.4) is 0 Å². The topological polar surface area (TPSA) is 15.8 Å². The molecule has 2 rings (SSSR count). The van der Waals surface area contributed by atoms with Gasteiger partial charge in [0.05, 0.1) is 0 Å². The average molecular weight is 219 g/mol. The Morgan fingerprint density at radius 3 is 2.56 bits per heavy atom. The van der Waals surface area contributed by atoms with Gasteiger partial charge in [0, 0.05) is 16.6 Å². The second-order valence-corrected chi connectivity index (χ2v) is 5.66. The lowest BCUT2D eigenvalue weighted by Gasteiger charge is -2.17. The van der Waals surface area contributed by atoms with Crippen LogP contribution in [0, 0.1) is 18.2 Å². The zero-order valence-corrected chi connectivity index (χ0v) is 10.3. The highest BCUT2D eigenvalue weighted by atomic mass is 19.1. The highest BCUT2D eigenvalue weighted by Gasteiger charge is 2.16. The van der Waals surface area contributed by atoms with Crippen LogP contribution in [0.5, 0.6) is 0 Å². The van der Waals surface area contributed by atoms with Crippen molar-refractivity contribution in [2.45, 2.75) is 34.1 Å². The van der Waals surface area contributed by atoms with E-state index in [0.29, 0.717) is 0 Å². The van der Waals surface area contributed by atoms with Gasteiger partial charge in [-0.25, -0.2) is 4.39 Å². The number of fused-ring (bicyclic) bond motifs is 1. The number of hydrogen-bond acceptors (Lipinski definition) is 0. The van der Waals surface area contributed by atoms with Crippen LogP contribution in [0.4, 0.5) is 4.39 Å². The molecule has 1 heterocycles. The first kappa shape index (κ1) is 11.2. The van der Waals surface area contributed by atoms with Gasteiger partial charge >= 0.3 is 0 Å². The van der Waals surface area contributed by atoms with Crippen molar-refractivity contribution in [2.75, 3.05) is 0 Å². The van der Waals surface area contributed by atoms with E-state index in [-0.39, 0.29) is 11.2 Å². The Bertz CT molecular complexity index is 517. The summed E-state index contributed by atoms with van der Waals surface area (Å²) >= 11 is 0. The first-order chi connectivity index (χ1) is 7.37. The lowest BCUT2D eigenvalue weighted by atomic mass is 9.89. The first-order valence-electron chi connectivity index (χ1n) is 5.63. The maximum Gasteiger partial charge on any atom is 0.123 e. The second-order valence-electron chi connectivity index (χ2n) is 5.66. The number of aromatic amines is 1. The van der Waals surface area contributed by atoms with Crippen molar-refractivity contribution in [1.82, 2.24) is 4.98 Å². The van der Waals surface area contributed by atoms with Crippen molar-refractivity contribution in [3.8, 4) is 0 Å². The van der Waals surface area contributed by atoms with Crippen LogP contribution in [0.15, 0.2) is 18.2 Å². The fourth-order valence-corrected chi connectivity index (χ4v) is 2.06. The van der Waals surface area contributed by atoms with Gasteiger partial charge in [0.15, 0.2) is 0 Å². The van der Waals surface area contributed by atoms with Crippen molar-refractivity contribution in [3.05, 3.63) is 35.3 Å². The summed E-state index contributed by atoms with van der Waals surface area (Å²) in [4.78, 5) is 3.38. The summed E-state index contributed by atoms with van der Waals surface area (Å²) in [5.41, 5.74) is 3.65. The predicted molar refractivity (Wildman–Crippen MR) is 66.2 cm³/mol. The number of nitrogens with one attached hydrogen (secondary N) is 1. The zero-order chi connectivity index (χ0) is 11.9. The molecule has 0 radical (unpaired) electrons. The third-order valence-corrected chi connectivity index (χ3v) is 2.83. The molecule has 86 valence electrons. The number of H-pyrrole nitrogens is 1. The molecule has 0 unspecified atom stereocenters. The molecule has 0 aliphatic heterocycles. The molecular weight excluding hydrogens is 201 g/mol. The Morgan fingerprint density at radius 2 is 1.94 bits per heavy atom. The average Bonchev–Trinajstić information content (AvgIpc) is 2.42. The largest absolute Gasteiger partial charge is 0.358 e. The van der Waals surface area contributed by atoms with Crippen molar-refractivity contribution < 1.29 is 4.39 Å². The molecule has 0 amide bonds. The van der Waals surface area contributed by atoms with E-state index in [1.165, 1.54) is 17.3 Å². The highest BCUT2D eigenvalue weighted by Crippen LogP contribution is 2.27. The predicted octanol–water partition coefficient (Wildman–Crippen LogP) is 4.20. The summed E-state index contributed by atoms with van der Waals surface area (Å²) < 4.78 is 13.1. The minimum absolute atomic E-state index is 0.170. The third kappa shape index (κ3) is 2.11. The molecule has 1 nitrogen and oxygen atoms in total. The summed E-state index contributed by atoms with van der Waals surface area (Å²) in [6.45, 7) is 8.68. The van der Waals surface area contributed by atoms with E-state index in [4.69, 9.17) is 0 Å². The molecular formula is C14H18FN. The maximum absolute atomic E-state index is 13.1. The van der Waals surface area contributed by atoms with Gasteiger partial charge in [0.2, 0.25) is 0 Å². The van der Waals surface area contributed by atoms with E-state index in [2.05, 4.69) is 32.7 Å². The van der Waals surface area contributed by atoms with Gasteiger partial charge in [-0.1, -0.05) is 20.8 Å². The first-order valence-corrected chi connectivity index (χ1v) is 5.63. The van der Waals surface area contributed by atoms with E-state index < -0.39 is 0 Å². The lowest BCUT2D eigenvalue weighted by molar-refractivity contribution is 0.406. The van der Waals surface area contributed by atoms with Gasteiger partial charge in [-0.2, -0.15) is 0 Å². The number of rotatable bonds is 1. The smallest absolute Gasteiger partial charge is 0.123 e. The normalized spacial score (nSPS) is 12.3. The van der Waals surface area contributed by atoms with E-state index in [0.717, 1.165) is 17.3 Å². The number of aromatic nitrogens is 1. The van der Waals surface area contributed by atoms with Gasteiger partial charge in [0.1, 0.15) is 5.82 Å². The molecule has 1 N–H and O–H groups in total. The Morgan fingerprint density at radius 1 is 1.25 bits per heavy atom. The monoisotopic (exact) mass is 219 g/mol. The molecule has 0 aliphatic carbocycles. The van der Waals surface area contributed by atoms with Gasteiger partial charge in [0.25, 0.3) is 0 Å². The number of halogens is 1. The van der Waals surface area contributed by atoms with Crippen molar-refractivity contribution >= 4 is 10.9 Å². The van der Waals surface area contributed by atoms with E-state index in [1.807, 2.05) is 6.07 Å². The third-order valence-electron chi connectivity index (χ3n) is 2.83. The van der Waals surface area contributed by atoms with Crippen LogP contribution in [-0.4, -0.2) is 4.98 Å². The van der Waals surface area contributed by atoms with Crippen molar-refractivity contribution in [2.24, 2.45) is 5.41 Å². The van der Waals surface area contributed by atoms with Gasteiger partial charge in [-0.05, 0) is 42.5 Å². The molecule has 1 aromatic carbocycles. The van der Waals surface area contributed by atoms with Crippen LogP contribution in [0.25, 0.3) is 10.9 Å². The molecule has 0 saturated heterocycles. The van der Waals surface area contributed by atoms with E-state index >= 15 is 0 Å². The zero-order valence-electron chi connectivity index (χ0n) is 10.3. The Balaban J connectivity index is 2.52. The summed E-state index contributed by atoms with van der Waals surface area (Å²) in [5.74, 6) is -0.170. The van der Waals surface area contributed by atoms with Gasteiger partial charge < -0.3 is 4.98 Å². The summed E-state index contributed by atoms with van der Waals surface area (Å²) in [6.07, 6.45) is 0.981. The molecule has 0 fully saturated rings. The molecule has 0 bridgehead atoms. The fraction of sp³-hybridized carbons (Fsp3) is 0.429. The van der Waals surface area contributed by atoms with E-state index in [9.17, 15) is 4.39 Å². The van der Waals surface area contributed by atoms with Crippen LogP contribution >= 0.6 is 0 Å². The molecule has 0 aliphatic rings. The SMILES string of the molecule is Cc1c(CC(C)(C)C)[nH]c2ccc(F)cc12. The van der Waals surface area contributed by atoms with Crippen LogP contribution in [0.2, 0.25) is 0 Å². The lowest BCUT2D eigenvalue weighted by Crippen LogP contribution is -2.10. The number of hydrogen-bond donors (Lipinski definition) is 1. The standard InChI is InChI=1S/C14H18FN/c1-9-11-7-10(15)5-6-12(11)16-13(9)8-14(2,3)4/h5-7,16H,8H2,1-4H3. The second kappa shape index (κ2) is 3.62. The Hall–Kier alpha value is -1.31. The van der Waals surface area contributed by atoms with E-state index in [1.54, 1.807) is 6.07 Å².